The minimum Gasteiger partial charge on any atom is -0.459 e. The molecule has 1 aliphatic heterocycles. The fraction of sp³-hybridized carbons (Fsp3) is 0.115. The summed E-state index contributed by atoms with van der Waals surface area (Å²) in [7, 11) is 0. The molecule has 0 spiro atoms. The Morgan fingerprint density at radius 3 is 2.46 bits per heavy atom. The molecule has 35 heavy (non-hydrogen) atoms. The zero-order valence-corrected chi connectivity index (χ0v) is 21.3. The van der Waals surface area contributed by atoms with Crippen LogP contribution in [0.5, 0.6) is 0 Å². The van der Waals surface area contributed by atoms with E-state index in [-0.39, 0.29) is 18.7 Å². The highest BCUT2D eigenvalue weighted by Crippen LogP contribution is 2.25. The van der Waals surface area contributed by atoms with E-state index in [1.807, 2.05) is 36.4 Å². The highest BCUT2D eigenvalue weighted by molar-refractivity contribution is 14.1. The Hall–Kier alpha value is -3.37. The van der Waals surface area contributed by atoms with Crippen LogP contribution in [0.3, 0.4) is 0 Å². The van der Waals surface area contributed by atoms with E-state index in [1.54, 1.807) is 42.5 Å². The number of urea groups is 1. The maximum absolute atomic E-state index is 13.0. The average Bonchev–Trinajstić information content (AvgIpc) is 3.16. The summed E-state index contributed by atoms with van der Waals surface area (Å²) < 4.78 is 6.40. The molecule has 3 aromatic rings. The number of anilines is 2. The molecule has 0 saturated carbocycles. The fourth-order valence-electron chi connectivity index (χ4n) is 3.46. The van der Waals surface area contributed by atoms with E-state index in [1.165, 1.54) is 6.08 Å². The van der Waals surface area contributed by atoms with Crippen molar-refractivity contribution in [2.45, 2.75) is 19.1 Å². The van der Waals surface area contributed by atoms with Gasteiger partial charge >= 0.3 is 12.0 Å². The molecular formula is C26H21ClIN3O4. The van der Waals surface area contributed by atoms with E-state index in [0.29, 0.717) is 16.4 Å². The molecule has 3 aromatic carbocycles. The van der Waals surface area contributed by atoms with Gasteiger partial charge in [-0.1, -0.05) is 66.2 Å². The molecule has 9 heteroatoms. The van der Waals surface area contributed by atoms with Crippen molar-refractivity contribution in [1.82, 2.24) is 5.32 Å². The van der Waals surface area contributed by atoms with Crippen molar-refractivity contribution in [3.63, 3.8) is 0 Å². The zero-order chi connectivity index (χ0) is 24.8. The summed E-state index contributed by atoms with van der Waals surface area (Å²) in [4.78, 5) is 39.4. The van der Waals surface area contributed by atoms with Crippen LogP contribution in [-0.4, -0.2) is 23.9 Å². The molecule has 2 N–H and O–H groups in total. The van der Waals surface area contributed by atoms with Crippen LogP contribution in [0.2, 0.25) is 5.02 Å². The lowest BCUT2D eigenvalue weighted by Crippen LogP contribution is -2.31. The number of carbonyl (C=O) groups excluding carboxylic acids is 3. The van der Waals surface area contributed by atoms with Gasteiger partial charge in [0.2, 0.25) is 0 Å². The smallest absolute Gasteiger partial charge is 0.333 e. The van der Waals surface area contributed by atoms with Crippen molar-refractivity contribution in [3.8, 4) is 0 Å². The molecule has 4 rings (SSSR count). The van der Waals surface area contributed by atoms with Crippen LogP contribution < -0.4 is 15.5 Å². The van der Waals surface area contributed by atoms with E-state index in [0.717, 1.165) is 14.0 Å². The molecule has 1 fully saturated rings. The van der Waals surface area contributed by atoms with Gasteiger partial charge in [-0.05, 0) is 64.9 Å². The number of amides is 3. The lowest BCUT2D eigenvalue weighted by molar-refractivity contribution is -0.145. The van der Waals surface area contributed by atoms with Crippen LogP contribution >= 0.6 is 34.2 Å². The Bertz CT molecular complexity index is 1270. The highest BCUT2D eigenvalue weighted by atomic mass is 127. The third-order valence-corrected chi connectivity index (χ3v) is 6.39. The summed E-state index contributed by atoms with van der Waals surface area (Å²) in [6.45, 7) is 0.110. The standard InChI is InChI=1S/C26H21ClIN3O4/c27-18-11-12-20(28)23(15-18)29-22(25(33)35-16-17-7-3-1-4-8-17)14-13-21-24(32)31(26(34)30-21)19-9-5-2-6-10-19/h1-13,15,22,29H,14,16H2,(H,30,34)/b21-13-. The van der Waals surface area contributed by atoms with Crippen LogP contribution in [-0.2, 0) is 20.9 Å². The summed E-state index contributed by atoms with van der Waals surface area (Å²) in [5, 5.41) is 6.27. The van der Waals surface area contributed by atoms with Gasteiger partial charge in [0.1, 0.15) is 18.3 Å². The second-order valence-electron chi connectivity index (χ2n) is 7.67. The molecule has 1 saturated heterocycles. The molecule has 7 nitrogen and oxygen atoms in total. The van der Waals surface area contributed by atoms with Crippen LogP contribution in [0.4, 0.5) is 16.2 Å². The van der Waals surface area contributed by atoms with E-state index in [9.17, 15) is 14.4 Å². The average molecular weight is 602 g/mol. The zero-order valence-electron chi connectivity index (χ0n) is 18.4. The van der Waals surface area contributed by atoms with E-state index in [2.05, 4.69) is 33.2 Å². The minimum atomic E-state index is -0.825. The molecule has 3 amide bonds. The van der Waals surface area contributed by atoms with Gasteiger partial charge in [0.05, 0.1) is 5.69 Å². The Kier molecular flexibility index (Phi) is 8.04. The number of hydrogen-bond donors (Lipinski definition) is 2. The lowest BCUT2D eigenvalue weighted by atomic mass is 10.1. The maximum Gasteiger partial charge on any atom is 0.333 e. The third-order valence-electron chi connectivity index (χ3n) is 5.22. The minimum absolute atomic E-state index is 0.0974. The van der Waals surface area contributed by atoms with E-state index >= 15 is 0 Å². The summed E-state index contributed by atoms with van der Waals surface area (Å²) in [6.07, 6.45) is 1.63. The number of carbonyl (C=O) groups is 3. The van der Waals surface area contributed by atoms with E-state index in [4.69, 9.17) is 16.3 Å². The first-order valence-electron chi connectivity index (χ1n) is 10.7. The first-order valence-corrected chi connectivity index (χ1v) is 12.2. The number of hydrogen-bond acceptors (Lipinski definition) is 5. The molecule has 0 bridgehead atoms. The number of halogens is 2. The second-order valence-corrected chi connectivity index (χ2v) is 9.27. The van der Waals surface area contributed by atoms with Gasteiger partial charge in [0, 0.05) is 14.3 Å². The molecule has 0 aliphatic carbocycles. The molecule has 0 radical (unpaired) electrons. The van der Waals surface area contributed by atoms with Crippen LogP contribution in [0.1, 0.15) is 12.0 Å². The van der Waals surface area contributed by atoms with Crippen molar-refractivity contribution in [1.29, 1.82) is 0 Å². The van der Waals surface area contributed by atoms with Gasteiger partial charge in [0.15, 0.2) is 0 Å². The summed E-state index contributed by atoms with van der Waals surface area (Å²) >= 11 is 8.28. The number of benzene rings is 3. The Morgan fingerprint density at radius 1 is 1.06 bits per heavy atom. The van der Waals surface area contributed by atoms with E-state index < -0.39 is 23.9 Å². The number of para-hydroxylation sites is 1. The number of rotatable bonds is 8. The third kappa shape index (κ3) is 6.20. The summed E-state index contributed by atoms with van der Waals surface area (Å²) in [5.41, 5.74) is 2.07. The predicted molar refractivity (Wildman–Crippen MR) is 143 cm³/mol. The second kappa shape index (κ2) is 11.4. The van der Waals surface area contributed by atoms with Crippen molar-refractivity contribution >= 4 is 63.5 Å². The summed E-state index contributed by atoms with van der Waals surface area (Å²) in [5.74, 6) is -0.992. The topological polar surface area (TPSA) is 87.7 Å². The Morgan fingerprint density at radius 2 is 1.74 bits per heavy atom. The quantitative estimate of drug-likeness (QED) is 0.154. The number of imide groups is 1. The van der Waals surface area contributed by atoms with Crippen molar-refractivity contribution in [2.24, 2.45) is 0 Å². The highest BCUT2D eigenvalue weighted by Gasteiger charge is 2.35. The lowest BCUT2D eigenvalue weighted by Gasteiger charge is -2.19. The molecule has 1 unspecified atom stereocenters. The normalized spacial score (nSPS) is 15.1. The van der Waals surface area contributed by atoms with Gasteiger partial charge in [-0.2, -0.15) is 0 Å². The Labute approximate surface area is 221 Å². The monoisotopic (exact) mass is 601 g/mol. The Balaban J connectivity index is 1.53. The molecule has 1 heterocycles. The number of nitrogens with one attached hydrogen (secondary N) is 2. The molecule has 1 aliphatic rings. The van der Waals surface area contributed by atoms with Crippen molar-refractivity contribution in [3.05, 3.63) is 105 Å². The van der Waals surface area contributed by atoms with Crippen LogP contribution in [0.25, 0.3) is 0 Å². The first kappa shape index (κ1) is 24.7. The predicted octanol–water partition coefficient (Wildman–Crippen LogP) is 5.50. The SMILES string of the molecule is O=C(OCc1ccccc1)C(C/C=C1\NC(=O)N(c2ccccc2)C1=O)Nc1cc(Cl)ccc1I. The van der Waals surface area contributed by atoms with Crippen molar-refractivity contribution in [2.75, 3.05) is 10.2 Å². The van der Waals surface area contributed by atoms with Gasteiger partial charge in [-0.25, -0.2) is 14.5 Å². The first-order chi connectivity index (χ1) is 16.9. The van der Waals surface area contributed by atoms with Gasteiger partial charge < -0.3 is 15.4 Å². The number of nitrogens with zero attached hydrogens (tertiary/aromatic N) is 1. The largest absolute Gasteiger partial charge is 0.459 e. The molecule has 1 atom stereocenters. The molecular weight excluding hydrogens is 581 g/mol. The van der Waals surface area contributed by atoms with Gasteiger partial charge in [-0.3, -0.25) is 4.79 Å². The van der Waals surface area contributed by atoms with Gasteiger partial charge in [0.25, 0.3) is 5.91 Å². The van der Waals surface area contributed by atoms with Crippen LogP contribution in [0.15, 0.2) is 90.6 Å². The van der Waals surface area contributed by atoms with Gasteiger partial charge in [-0.15, -0.1) is 0 Å². The summed E-state index contributed by atoms with van der Waals surface area (Å²) in [6, 6.07) is 21.9. The van der Waals surface area contributed by atoms with Crippen molar-refractivity contribution < 1.29 is 19.1 Å². The molecule has 0 aromatic heterocycles. The number of ether oxygens (including phenoxy) is 1. The molecule has 178 valence electrons. The van der Waals surface area contributed by atoms with Crippen LogP contribution in [0, 0.1) is 3.57 Å². The fourth-order valence-corrected chi connectivity index (χ4v) is 4.13. The maximum atomic E-state index is 13.0. The number of esters is 1.